The molecule has 0 radical (unpaired) electrons. The second-order valence-corrected chi connectivity index (χ2v) is 7.81. The van der Waals surface area contributed by atoms with Crippen molar-refractivity contribution >= 4 is 5.96 Å². The molecule has 0 amide bonds. The Hall–Kier alpha value is -0.850. The lowest BCUT2D eigenvalue weighted by Crippen LogP contribution is -2.53. The highest BCUT2D eigenvalue weighted by atomic mass is 16.5. The van der Waals surface area contributed by atoms with Gasteiger partial charge in [0.05, 0.1) is 12.7 Å². The number of nitrogens with one attached hydrogen (secondary N) is 1. The molecule has 2 atom stereocenters. The molecule has 26 heavy (non-hydrogen) atoms. The molecular weight excluding hydrogens is 328 g/mol. The van der Waals surface area contributed by atoms with E-state index in [0.717, 1.165) is 64.1 Å². The molecule has 0 aromatic rings. The van der Waals surface area contributed by atoms with Crippen LogP contribution in [0.15, 0.2) is 4.99 Å². The van der Waals surface area contributed by atoms with Gasteiger partial charge in [-0.25, -0.2) is 0 Å². The first-order valence-electron chi connectivity index (χ1n) is 10.8. The van der Waals surface area contributed by atoms with E-state index in [-0.39, 0.29) is 12.2 Å². The van der Waals surface area contributed by atoms with E-state index in [1.54, 1.807) is 0 Å². The average Bonchev–Trinajstić information content (AvgIpc) is 3.23. The molecule has 150 valence electrons. The Bertz CT molecular complexity index is 432. The van der Waals surface area contributed by atoms with Gasteiger partial charge in [0.25, 0.3) is 0 Å². The summed E-state index contributed by atoms with van der Waals surface area (Å²) in [7, 11) is 0. The highest BCUT2D eigenvalue weighted by Gasteiger charge is 2.32. The summed E-state index contributed by atoms with van der Waals surface area (Å²) >= 11 is 0. The number of aliphatic imine (C=N–C) groups is 1. The van der Waals surface area contributed by atoms with Gasteiger partial charge in [0, 0.05) is 32.8 Å². The zero-order chi connectivity index (χ0) is 18.2. The molecule has 0 aliphatic carbocycles. The average molecular weight is 367 g/mol. The molecule has 1 N–H and O–H groups in total. The lowest BCUT2D eigenvalue weighted by atomic mass is 9.94. The van der Waals surface area contributed by atoms with Crippen molar-refractivity contribution in [1.82, 2.24) is 15.1 Å². The molecule has 3 rings (SSSR count). The maximum absolute atomic E-state index is 5.99. The summed E-state index contributed by atoms with van der Waals surface area (Å²) < 4.78 is 11.8. The van der Waals surface area contributed by atoms with Crippen LogP contribution in [0.25, 0.3) is 0 Å². The first-order chi connectivity index (χ1) is 12.8. The van der Waals surface area contributed by atoms with E-state index in [0.29, 0.717) is 0 Å². The molecule has 0 spiro atoms. The van der Waals surface area contributed by atoms with Crippen LogP contribution in [0, 0.1) is 5.92 Å². The quantitative estimate of drug-likeness (QED) is 0.575. The minimum Gasteiger partial charge on any atom is -0.375 e. The molecular formula is C20H38N4O2. The summed E-state index contributed by atoms with van der Waals surface area (Å²) in [5.74, 6) is 1.90. The number of rotatable bonds is 6. The fourth-order valence-corrected chi connectivity index (χ4v) is 4.36. The molecule has 3 aliphatic rings. The number of piperidine rings is 1. The van der Waals surface area contributed by atoms with E-state index in [9.17, 15) is 0 Å². The van der Waals surface area contributed by atoms with Gasteiger partial charge in [-0.15, -0.1) is 0 Å². The first kappa shape index (κ1) is 19.9. The van der Waals surface area contributed by atoms with Crippen LogP contribution >= 0.6 is 0 Å². The lowest BCUT2D eigenvalue weighted by molar-refractivity contribution is -0.0817. The molecule has 2 unspecified atom stereocenters. The number of morpholine rings is 1. The first-order valence-corrected chi connectivity index (χ1v) is 10.8. The predicted molar refractivity (Wildman–Crippen MR) is 106 cm³/mol. The molecule has 6 heteroatoms. The van der Waals surface area contributed by atoms with Crippen LogP contribution in [-0.4, -0.2) is 87.0 Å². The van der Waals surface area contributed by atoms with Crippen molar-refractivity contribution in [3.63, 3.8) is 0 Å². The van der Waals surface area contributed by atoms with Gasteiger partial charge in [0.1, 0.15) is 6.10 Å². The van der Waals surface area contributed by atoms with Crippen LogP contribution in [-0.2, 0) is 9.47 Å². The van der Waals surface area contributed by atoms with Crippen LogP contribution in [0.4, 0.5) is 0 Å². The Morgan fingerprint density at radius 2 is 1.85 bits per heavy atom. The normalized spacial score (nSPS) is 29.3. The maximum Gasteiger partial charge on any atom is 0.194 e. The third kappa shape index (κ3) is 5.57. The lowest BCUT2D eigenvalue weighted by Gasteiger charge is -2.37. The van der Waals surface area contributed by atoms with Crippen molar-refractivity contribution in [2.24, 2.45) is 10.9 Å². The van der Waals surface area contributed by atoms with E-state index >= 15 is 0 Å². The minimum absolute atomic E-state index is 0.188. The molecule has 3 heterocycles. The van der Waals surface area contributed by atoms with Crippen molar-refractivity contribution in [3.8, 4) is 0 Å². The van der Waals surface area contributed by atoms with Crippen molar-refractivity contribution in [1.29, 1.82) is 0 Å². The van der Waals surface area contributed by atoms with Gasteiger partial charge < -0.3 is 24.6 Å². The fourth-order valence-electron chi connectivity index (χ4n) is 4.36. The zero-order valence-electron chi connectivity index (χ0n) is 16.8. The molecule has 3 saturated heterocycles. The Kier molecular flexibility index (Phi) is 8.02. The van der Waals surface area contributed by atoms with Crippen LogP contribution < -0.4 is 5.32 Å². The van der Waals surface area contributed by atoms with Crippen molar-refractivity contribution < 1.29 is 9.47 Å². The number of guanidine groups is 1. The molecule has 0 aromatic heterocycles. The van der Waals surface area contributed by atoms with E-state index in [4.69, 9.17) is 14.5 Å². The highest BCUT2D eigenvalue weighted by molar-refractivity contribution is 5.80. The van der Waals surface area contributed by atoms with Crippen LogP contribution in [0.5, 0.6) is 0 Å². The second kappa shape index (κ2) is 10.5. The number of likely N-dealkylation sites (tertiary alicyclic amines) is 1. The molecule has 3 aliphatic heterocycles. The Morgan fingerprint density at radius 3 is 2.54 bits per heavy atom. The summed E-state index contributed by atoms with van der Waals surface area (Å²) in [6.45, 7) is 13.4. The van der Waals surface area contributed by atoms with Gasteiger partial charge in [-0.1, -0.05) is 6.92 Å². The van der Waals surface area contributed by atoms with Crippen molar-refractivity contribution in [2.75, 3.05) is 59.0 Å². The standard InChI is InChI=1S/C20H38N4O2/c1-3-21-20(22-10-7-17-8-11-23(4-2)12-9-17)24-13-15-26-19(16-24)18-6-5-14-25-18/h17-19H,3-16H2,1-2H3,(H,21,22). The van der Waals surface area contributed by atoms with Crippen LogP contribution in [0.3, 0.4) is 0 Å². The topological polar surface area (TPSA) is 49.3 Å². The summed E-state index contributed by atoms with van der Waals surface area (Å²) in [4.78, 5) is 9.89. The summed E-state index contributed by atoms with van der Waals surface area (Å²) in [6, 6.07) is 0. The van der Waals surface area contributed by atoms with E-state index in [1.807, 2.05) is 0 Å². The SMILES string of the molecule is CCNC(=NCCC1CCN(CC)CC1)N1CCOC(C2CCCO2)C1. The second-order valence-electron chi connectivity index (χ2n) is 7.81. The maximum atomic E-state index is 5.99. The minimum atomic E-state index is 0.188. The molecule has 3 fully saturated rings. The molecule has 0 bridgehead atoms. The number of nitrogens with zero attached hydrogens (tertiary/aromatic N) is 3. The van der Waals surface area contributed by atoms with Crippen LogP contribution in [0.2, 0.25) is 0 Å². The fraction of sp³-hybridized carbons (Fsp3) is 0.950. The van der Waals surface area contributed by atoms with Gasteiger partial charge >= 0.3 is 0 Å². The van der Waals surface area contributed by atoms with Gasteiger partial charge in [-0.05, 0) is 64.6 Å². The number of hydrogen-bond donors (Lipinski definition) is 1. The van der Waals surface area contributed by atoms with Crippen molar-refractivity contribution in [2.45, 2.75) is 58.2 Å². The predicted octanol–water partition coefficient (Wildman–Crippen LogP) is 1.95. The van der Waals surface area contributed by atoms with Gasteiger partial charge in [-0.2, -0.15) is 0 Å². The molecule has 0 saturated carbocycles. The summed E-state index contributed by atoms with van der Waals surface area (Å²) in [6.07, 6.45) is 6.62. The molecule has 0 aromatic carbocycles. The smallest absolute Gasteiger partial charge is 0.194 e. The van der Waals surface area contributed by atoms with E-state index < -0.39 is 0 Å². The Balaban J connectivity index is 1.48. The largest absolute Gasteiger partial charge is 0.375 e. The van der Waals surface area contributed by atoms with Gasteiger partial charge in [0.2, 0.25) is 0 Å². The summed E-state index contributed by atoms with van der Waals surface area (Å²) in [5, 5.41) is 3.49. The monoisotopic (exact) mass is 366 g/mol. The van der Waals surface area contributed by atoms with Crippen molar-refractivity contribution in [3.05, 3.63) is 0 Å². The Morgan fingerprint density at radius 1 is 1.04 bits per heavy atom. The number of ether oxygens (including phenoxy) is 2. The zero-order valence-corrected chi connectivity index (χ0v) is 16.8. The van der Waals surface area contributed by atoms with Crippen LogP contribution in [0.1, 0.15) is 46.0 Å². The summed E-state index contributed by atoms with van der Waals surface area (Å²) in [5.41, 5.74) is 0. The molecule has 6 nitrogen and oxygen atoms in total. The third-order valence-electron chi connectivity index (χ3n) is 6.06. The van der Waals surface area contributed by atoms with E-state index in [1.165, 1.54) is 38.9 Å². The third-order valence-corrected chi connectivity index (χ3v) is 6.06. The highest BCUT2D eigenvalue weighted by Crippen LogP contribution is 2.22. The Labute approximate surface area is 159 Å². The number of hydrogen-bond acceptors (Lipinski definition) is 4. The van der Waals surface area contributed by atoms with Gasteiger partial charge in [-0.3, -0.25) is 4.99 Å². The van der Waals surface area contributed by atoms with E-state index in [2.05, 4.69) is 29.0 Å². The van der Waals surface area contributed by atoms with Gasteiger partial charge in [0.15, 0.2) is 5.96 Å².